The van der Waals surface area contributed by atoms with Gasteiger partial charge in [0, 0.05) is 27.8 Å². The molecular formula is C55H43N. The Morgan fingerprint density at radius 2 is 0.714 bits per heavy atom. The Balaban J connectivity index is 1.23. The van der Waals surface area contributed by atoms with Crippen LogP contribution in [0.2, 0.25) is 0 Å². The van der Waals surface area contributed by atoms with Crippen molar-refractivity contribution in [3.05, 3.63) is 233 Å². The van der Waals surface area contributed by atoms with Gasteiger partial charge in [-0.05, 0) is 103 Å². The first-order chi connectivity index (χ1) is 27.3. The summed E-state index contributed by atoms with van der Waals surface area (Å²) >= 11 is 0. The maximum absolute atomic E-state index is 2.57. The third-order valence-electron chi connectivity index (χ3n) is 13.3. The van der Waals surface area contributed by atoms with Gasteiger partial charge in [0.25, 0.3) is 0 Å². The second-order valence-electron chi connectivity index (χ2n) is 16.9. The molecule has 1 nitrogen and oxygen atoms in total. The van der Waals surface area contributed by atoms with Gasteiger partial charge in [0.1, 0.15) is 0 Å². The molecule has 0 saturated heterocycles. The Kier molecular flexibility index (Phi) is 6.93. The molecule has 8 aromatic rings. The monoisotopic (exact) mass is 717 g/mol. The maximum atomic E-state index is 2.57. The summed E-state index contributed by atoms with van der Waals surface area (Å²) in [5.74, 6) is 0. The lowest BCUT2D eigenvalue weighted by Crippen LogP contribution is -2.30. The van der Waals surface area contributed by atoms with Gasteiger partial charge in [-0.15, -0.1) is 0 Å². The van der Waals surface area contributed by atoms with Gasteiger partial charge in [-0.25, -0.2) is 0 Å². The Bertz CT molecular complexity index is 2710. The molecule has 0 fully saturated rings. The summed E-state index contributed by atoms with van der Waals surface area (Å²) in [6.45, 7) is 9.53. The first-order valence-corrected chi connectivity index (χ1v) is 19.9. The van der Waals surface area contributed by atoms with Gasteiger partial charge in [-0.2, -0.15) is 0 Å². The first kappa shape index (κ1) is 32.9. The van der Waals surface area contributed by atoms with Gasteiger partial charge >= 0.3 is 0 Å². The summed E-state index contributed by atoms with van der Waals surface area (Å²) in [5.41, 5.74) is 21.2. The number of anilines is 3. The molecule has 0 saturated carbocycles. The molecule has 56 heavy (non-hydrogen) atoms. The highest BCUT2D eigenvalue weighted by Gasteiger charge is 2.49. The van der Waals surface area contributed by atoms with E-state index < -0.39 is 5.41 Å². The smallest absolute Gasteiger partial charge is 0.0734 e. The zero-order valence-electron chi connectivity index (χ0n) is 32.3. The van der Waals surface area contributed by atoms with Crippen molar-refractivity contribution in [1.82, 2.24) is 0 Å². The average Bonchev–Trinajstić information content (AvgIpc) is 3.77. The van der Waals surface area contributed by atoms with Crippen LogP contribution in [0.5, 0.6) is 0 Å². The minimum atomic E-state index is -0.554. The molecule has 268 valence electrons. The van der Waals surface area contributed by atoms with E-state index in [1.54, 1.807) is 0 Å². The highest BCUT2D eigenvalue weighted by atomic mass is 15.1. The van der Waals surface area contributed by atoms with Crippen molar-refractivity contribution in [3.63, 3.8) is 0 Å². The molecule has 0 atom stereocenters. The van der Waals surface area contributed by atoms with E-state index >= 15 is 0 Å². The summed E-state index contributed by atoms with van der Waals surface area (Å²) in [5, 5.41) is 0. The molecule has 0 heterocycles. The van der Waals surface area contributed by atoms with Crippen molar-refractivity contribution in [2.24, 2.45) is 0 Å². The minimum Gasteiger partial charge on any atom is -0.310 e. The number of fused-ring (bicyclic) bond motifs is 9. The predicted molar refractivity (Wildman–Crippen MR) is 234 cm³/mol. The third kappa shape index (κ3) is 4.32. The van der Waals surface area contributed by atoms with Crippen LogP contribution in [0.4, 0.5) is 17.1 Å². The van der Waals surface area contributed by atoms with E-state index in [0.29, 0.717) is 0 Å². The van der Waals surface area contributed by atoms with E-state index in [-0.39, 0.29) is 10.8 Å². The van der Waals surface area contributed by atoms with Gasteiger partial charge in [-0.1, -0.05) is 185 Å². The number of hydrogen-bond acceptors (Lipinski definition) is 1. The highest BCUT2D eigenvalue weighted by Crippen LogP contribution is 2.61. The number of benzene rings is 8. The van der Waals surface area contributed by atoms with Crippen LogP contribution in [0, 0.1) is 0 Å². The molecule has 11 rings (SSSR count). The van der Waals surface area contributed by atoms with Gasteiger partial charge in [0.15, 0.2) is 0 Å². The molecule has 0 bridgehead atoms. The van der Waals surface area contributed by atoms with Crippen LogP contribution in [0.15, 0.2) is 188 Å². The zero-order valence-corrected chi connectivity index (χ0v) is 32.3. The summed E-state index contributed by atoms with van der Waals surface area (Å²) in [6, 6.07) is 70.7. The van der Waals surface area contributed by atoms with Crippen LogP contribution in [-0.4, -0.2) is 0 Å². The van der Waals surface area contributed by atoms with E-state index in [9.17, 15) is 0 Å². The van der Waals surface area contributed by atoms with Crippen molar-refractivity contribution >= 4 is 17.1 Å². The Morgan fingerprint density at radius 3 is 1.21 bits per heavy atom. The van der Waals surface area contributed by atoms with Crippen molar-refractivity contribution in [2.45, 2.75) is 43.9 Å². The fraction of sp³-hybridized carbons (Fsp3) is 0.127. The minimum absolute atomic E-state index is 0.137. The summed E-state index contributed by atoms with van der Waals surface area (Å²) in [7, 11) is 0. The molecule has 3 aliphatic carbocycles. The van der Waals surface area contributed by atoms with E-state index in [0.717, 1.165) is 11.4 Å². The molecule has 0 radical (unpaired) electrons. The maximum Gasteiger partial charge on any atom is 0.0734 e. The predicted octanol–water partition coefficient (Wildman–Crippen LogP) is 14.1. The molecule has 0 spiro atoms. The standard InChI is InChI=1S/C55H43N/c1-53(2)46-26-14-11-22-40(46)43-32-30-38(34-49(43)53)56(39-31-33-44-41-23-12-15-27-47(41)54(3,4)50(44)35-39)51-29-17-25-45-42-24-13-16-28-48(42)55(52(45)51,36-18-7-5-8-19-36)37-20-9-6-10-21-37/h5-35H,1-4H3. The van der Waals surface area contributed by atoms with E-state index in [4.69, 9.17) is 0 Å². The molecule has 1 heteroatoms. The second-order valence-corrected chi connectivity index (χ2v) is 16.9. The van der Waals surface area contributed by atoms with Gasteiger partial charge in [0.05, 0.1) is 11.1 Å². The second kappa shape index (κ2) is 11.8. The Labute approximate surface area is 330 Å². The number of nitrogens with zero attached hydrogens (tertiary/aromatic N) is 1. The van der Waals surface area contributed by atoms with Gasteiger partial charge < -0.3 is 4.90 Å². The van der Waals surface area contributed by atoms with E-state index in [2.05, 4.69) is 221 Å². The molecule has 0 aromatic heterocycles. The topological polar surface area (TPSA) is 3.24 Å². The number of hydrogen-bond donors (Lipinski definition) is 0. The molecule has 0 aliphatic heterocycles. The van der Waals surface area contributed by atoms with Crippen LogP contribution in [0.25, 0.3) is 33.4 Å². The van der Waals surface area contributed by atoms with Crippen LogP contribution in [0.3, 0.4) is 0 Å². The van der Waals surface area contributed by atoms with E-state index in [1.165, 1.54) is 83.6 Å². The average molecular weight is 718 g/mol. The third-order valence-corrected chi connectivity index (χ3v) is 13.3. The van der Waals surface area contributed by atoms with E-state index in [1.807, 2.05) is 0 Å². The van der Waals surface area contributed by atoms with Gasteiger partial charge in [0.2, 0.25) is 0 Å². The van der Waals surface area contributed by atoms with Crippen LogP contribution < -0.4 is 4.90 Å². The lowest BCUT2D eigenvalue weighted by molar-refractivity contribution is 0.660. The normalized spacial score (nSPS) is 15.6. The highest BCUT2D eigenvalue weighted by molar-refractivity contribution is 5.96. The largest absolute Gasteiger partial charge is 0.310 e. The fourth-order valence-corrected chi connectivity index (χ4v) is 10.8. The molecule has 8 aromatic carbocycles. The van der Waals surface area contributed by atoms with Gasteiger partial charge in [-0.3, -0.25) is 0 Å². The van der Waals surface area contributed by atoms with Crippen molar-refractivity contribution < 1.29 is 0 Å². The summed E-state index contributed by atoms with van der Waals surface area (Å²) in [6.07, 6.45) is 0. The molecule has 0 amide bonds. The molecule has 3 aliphatic rings. The Hall–Kier alpha value is -6.44. The Morgan fingerprint density at radius 1 is 0.321 bits per heavy atom. The van der Waals surface area contributed by atoms with Crippen LogP contribution in [0.1, 0.15) is 72.2 Å². The molecule has 0 N–H and O–H groups in total. The van der Waals surface area contributed by atoms with Crippen LogP contribution >= 0.6 is 0 Å². The van der Waals surface area contributed by atoms with Crippen molar-refractivity contribution in [3.8, 4) is 33.4 Å². The number of rotatable bonds is 5. The molecule has 0 unspecified atom stereocenters. The lowest BCUT2D eigenvalue weighted by atomic mass is 9.67. The lowest BCUT2D eigenvalue weighted by Gasteiger charge is -2.38. The summed E-state index contributed by atoms with van der Waals surface area (Å²) in [4.78, 5) is 2.57. The zero-order chi connectivity index (χ0) is 37.8. The SMILES string of the molecule is CC1(C)c2ccccc2-c2ccc(N(c3ccc4c(c3)C(C)(C)c3ccccc3-4)c3cccc4c3C(c3ccccc3)(c3ccccc3)c3ccccc3-4)cc21. The summed E-state index contributed by atoms with van der Waals surface area (Å²) < 4.78 is 0. The van der Waals surface area contributed by atoms with Crippen molar-refractivity contribution in [2.75, 3.05) is 4.90 Å². The molecular weight excluding hydrogens is 675 g/mol. The fourth-order valence-electron chi connectivity index (χ4n) is 10.8. The van der Waals surface area contributed by atoms with Crippen molar-refractivity contribution in [1.29, 1.82) is 0 Å². The van der Waals surface area contributed by atoms with Crippen LogP contribution in [-0.2, 0) is 16.2 Å². The quantitative estimate of drug-likeness (QED) is 0.171. The first-order valence-electron chi connectivity index (χ1n) is 19.9.